The fourth-order valence-corrected chi connectivity index (χ4v) is 6.75. The SMILES string of the molecule is CC1CCC(c2ccc(C3CCC(C4CCC(C)CC4)CC3)c(C(F)F)c2F)CC1. The van der Waals surface area contributed by atoms with Gasteiger partial charge in [0.25, 0.3) is 6.43 Å². The van der Waals surface area contributed by atoms with Crippen molar-refractivity contribution in [3.05, 3.63) is 34.6 Å². The molecule has 3 aliphatic rings. The van der Waals surface area contributed by atoms with E-state index >= 15 is 4.39 Å². The largest absolute Gasteiger partial charge is 0.266 e. The lowest BCUT2D eigenvalue weighted by atomic mass is 9.68. The number of benzene rings is 1. The summed E-state index contributed by atoms with van der Waals surface area (Å²) in [7, 11) is 0. The lowest BCUT2D eigenvalue weighted by Gasteiger charge is -2.38. The molecule has 3 fully saturated rings. The summed E-state index contributed by atoms with van der Waals surface area (Å²) in [5, 5.41) is 0. The standard InChI is InChI=1S/C27H39F3/c1-17-3-7-19(8-4-17)20-11-13-21(14-12-20)23-15-16-24(26(28)25(23)27(29)30)22-9-5-18(2)6-10-22/h15-22,27H,3-14H2,1-2H3. The third-order valence-electron chi connectivity index (χ3n) is 8.86. The zero-order valence-electron chi connectivity index (χ0n) is 18.8. The Bertz CT molecular complexity index is 688. The highest BCUT2D eigenvalue weighted by molar-refractivity contribution is 5.39. The van der Waals surface area contributed by atoms with Crippen molar-refractivity contribution in [2.75, 3.05) is 0 Å². The summed E-state index contributed by atoms with van der Waals surface area (Å²) in [6.45, 7) is 4.58. The monoisotopic (exact) mass is 420 g/mol. The molecule has 3 heteroatoms. The summed E-state index contributed by atoms with van der Waals surface area (Å²) in [5.74, 6) is 2.72. The quantitative estimate of drug-likeness (QED) is 0.455. The molecule has 4 rings (SSSR count). The second-order valence-electron chi connectivity index (χ2n) is 10.9. The average molecular weight is 421 g/mol. The van der Waals surface area contributed by atoms with Gasteiger partial charge in [-0.05, 0) is 98.0 Å². The minimum atomic E-state index is -2.72. The van der Waals surface area contributed by atoms with E-state index in [1.54, 1.807) is 0 Å². The summed E-state index contributed by atoms with van der Waals surface area (Å²) in [6, 6.07) is 3.72. The van der Waals surface area contributed by atoms with Gasteiger partial charge in [0.1, 0.15) is 5.82 Å². The summed E-state index contributed by atoms with van der Waals surface area (Å²) >= 11 is 0. The molecule has 0 aromatic heterocycles. The van der Waals surface area contributed by atoms with Gasteiger partial charge >= 0.3 is 0 Å². The number of hydrogen-bond donors (Lipinski definition) is 0. The van der Waals surface area contributed by atoms with E-state index in [0.717, 1.165) is 69.1 Å². The van der Waals surface area contributed by atoms with Gasteiger partial charge in [-0.15, -0.1) is 0 Å². The van der Waals surface area contributed by atoms with E-state index in [-0.39, 0.29) is 17.4 Å². The Morgan fingerprint density at radius 1 is 0.633 bits per heavy atom. The summed E-state index contributed by atoms with van der Waals surface area (Å²) in [6.07, 6.45) is 10.7. The maximum Gasteiger partial charge on any atom is 0.266 e. The molecule has 168 valence electrons. The Morgan fingerprint density at radius 3 is 1.57 bits per heavy atom. The van der Waals surface area contributed by atoms with Crippen LogP contribution in [0.25, 0.3) is 0 Å². The average Bonchev–Trinajstić information content (AvgIpc) is 2.75. The van der Waals surface area contributed by atoms with Crippen molar-refractivity contribution in [1.29, 1.82) is 0 Å². The van der Waals surface area contributed by atoms with E-state index in [9.17, 15) is 8.78 Å². The molecular formula is C27H39F3. The zero-order chi connectivity index (χ0) is 21.3. The number of halogens is 3. The van der Waals surface area contributed by atoms with Gasteiger partial charge < -0.3 is 0 Å². The predicted molar refractivity (Wildman–Crippen MR) is 118 cm³/mol. The molecule has 0 radical (unpaired) electrons. The van der Waals surface area contributed by atoms with Crippen molar-refractivity contribution < 1.29 is 13.2 Å². The van der Waals surface area contributed by atoms with Crippen molar-refractivity contribution in [3.8, 4) is 0 Å². The fraction of sp³-hybridized carbons (Fsp3) is 0.778. The van der Waals surface area contributed by atoms with Gasteiger partial charge in [0, 0.05) is 0 Å². The van der Waals surface area contributed by atoms with Gasteiger partial charge in [-0.1, -0.05) is 51.7 Å². The van der Waals surface area contributed by atoms with Crippen LogP contribution in [0.3, 0.4) is 0 Å². The van der Waals surface area contributed by atoms with Crippen molar-refractivity contribution in [3.63, 3.8) is 0 Å². The van der Waals surface area contributed by atoms with Gasteiger partial charge in [-0.2, -0.15) is 0 Å². The molecule has 0 aliphatic heterocycles. The maximum absolute atomic E-state index is 15.3. The third-order valence-corrected chi connectivity index (χ3v) is 8.86. The van der Waals surface area contributed by atoms with E-state index in [4.69, 9.17) is 0 Å². The second kappa shape index (κ2) is 9.65. The van der Waals surface area contributed by atoms with Crippen molar-refractivity contribution >= 4 is 0 Å². The van der Waals surface area contributed by atoms with Crippen LogP contribution in [0, 0.1) is 29.5 Å². The fourth-order valence-electron chi connectivity index (χ4n) is 6.75. The molecule has 1 aromatic carbocycles. The molecule has 0 atom stereocenters. The molecule has 0 spiro atoms. The van der Waals surface area contributed by atoms with Crippen LogP contribution in [0.1, 0.15) is 126 Å². The molecule has 0 heterocycles. The molecule has 0 nitrogen and oxygen atoms in total. The smallest absolute Gasteiger partial charge is 0.206 e. The Balaban J connectivity index is 1.47. The number of rotatable bonds is 4. The molecule has 0 bridgehead atoms. The Hall–Kier alpha value is -0.990. The first-order valence-corrected chi connectivity index (χ1v) is 12.5. The van der Waals surface area contributed by atoms with Gasteiger partial charge in [0.15, 0.2) is 0 Å². The van der Waals surface area contributed by atoms with E-state index in [0.29, 0.717) is 17.0 Å². The lowest BCUT2D eigenvalue weighted by molar-refractivity contribution is 0.140. The summed E-state index contributed by atoms with van der Waals surface area (Å²) in [4.78, 5) is 0. The Morgan fingerprint density at radius 2 is 1.03 bits per heavy atom. The van der Waals surface area contributed by atoms with Crippen LogP contribution in [-0.4, -0.2) is 0 Å². The van der Waals surface area contributed by atoms with Crippen molar-refractivity contribution in [2.24, 2.45) is 23.7 Å². The molecule has 0 N–H and O–H groups in total. The Kier molecular flexibility index (Phi) is 7.15. The molecular weight excluding hydrogens is 381 g/mol. The molecule has 0 amide bonds. The second-order valence-corrected chi connectivity index (χ2v) is 10.9. The lowest BCUT2D eigenvalue weighted by Crippen LogP contribution is -2.25. The summed E-state index contributed by atoms with van der Waals surface area (Å²) in [5.41, 5.74) is 0.873. The first-order valence-electron chi connectivity index (χ1n) is 12.5. The van der Waals surface area contributed by atoms with Crippen LogP contribution in [0.5, 0.6) is 0 Å². The first kappa shape index (κ1) is 22.2. The predicted octanol–water partition coefficient (Wildman–Crippen LogP) is 9.16. The van der Waals surface area contributed by atoms with Gasteiger partial charge in [0.05, 0.1) is 5.56 Å². The molecule has 3 saturated carbocycles. The van der Waals surface area contributed by atoms with Gasteiger partial charge in [0.2, 0.25) is 0 Å². The van der Waals surface area contributed by atoms with Crippen LogP contribution in [-0.2, 0) is 0 Å². The highest BCUT2D eigenvalue weighted by atomic mass is 19.3. The zero-order valence-corrected chi connectivity index (χ0v) is 18.8. The van der Waals surface area contributed by atoms with Gasteiger partial charge in [-0.3, -0.25) is 0 Å². The molecule has 30 heavy (non-hydrogen) atoms. The molecule has 1 aromatic rings. The van der Waals surface area contributed by atoms with E-state index in [1.807, 2.05) is 12.1 Å². The first-order chi connectivity index (χ1) is 14.4. The van der Waals surface area contributed by atoms with E-state index < -0.39 is 12.2 Å². The minimum Gasteiger partial charge on any atom is -0.206 e. The maximum atomic E-state index is 15.3. The highest BCUT2D eigenvalue weighted by Crippen LogP contribution is 2.47. The van der Waals surface area contributed by atoms with Crippen LogP contribution in [0.15, 0.2) is 12.1 Å². The minimum absolute atomic E-state index is 0.0997. The molecule has 3 aliphatic carbocycles. The highest BCUT2D eigenvalue weighted by Gasteiger charge is 2.34. The van der Waals surface area contributed by atoms with Crippen LogP contribution >= 0.6 is 0 Å². The van der Waals surface area contributed by atoms with Crippen LogP contribution < -0.4 is 0 Å². The van der Waals surface area contributed by atoms with Crippen molar-refractivity contribution in [1.82, 2.24) is 0 Å². The topological polar surface area (TPSA) is 0 Å². The summed E-state index contributed by atoms with van der Waals surface area (Å²) < 4.78 is 43.4. The van der Waals surface area contributed by atoms with E-state index in [1.165, 1.54) is 25.7 Å². The number of alkyl halides is 2. The molecule has 0 unspecified atom stereocenters. The van der Waals surface area contributed by atoms with Crippen molar-refractivity contribution in [2.45, 2.75) is 109 Å². The number of hydrogen-bond acceptors (Lipinski definition) is 0. The van der Waals surface area contributed by atoms with Crippen LogP contribution in [0.2, 0.25) is 0 Å². The van der Waals surface area contributed by atoms with Crippen LogP contribution in [0.4, 0.5) is 13.2 Å². The van der Waals surface area contributed by atoms with E-state index in [2.05, 4.69) is 13.8 Å². The Labute approximate surface area is 181 Å². The van der Waals surface area contributed by atoms with Gasteiger partial charge in [-0.25, -0.2) is 13.2 Å². The third kappa shape index (κ3) is 4.75. The normalized spacial score (nSPS) is 35.5. The molecule has 0 saturated heterocycles.